The van der Waals surface area contributed by atoms with Gasteiger partial charge < -0.3 is 11.1 Å². The van der Waals surface area contributed by atoms with Crippen molar-refractivity contribution in [3.63, 3.8) is 0 Å². The number of hydrogen-bond acceptors (Lipinski definition) is 2. The Balaban J connectivity index is 2.12. The van der Waals surface area contributed by atoms with Crippen molar-refractivity contribution in [3.05, 3.63) is 0 Å². The molecule has 0 heterocycles. The van der Waals surface area contributed by atoms with Crippen LogP contribution in [0.4, 0.5) is 0 Å². The van der Waals surface area contributed by atoms with Crippen molar-refractivity contribution < 1.29 is 4.79 Å². The first kappa shape index (κ1) is 13.9. The lowest BCUT2D eigenvalue weighted by Crippen LogP contribution is -2.56. The summed E-state index contributed by atoms with van der Waals surface area (Å²) in [5.74, 6) is 0.972. The molecule has 2 rings (SSSR count). The average Bonchev–Trinajstić information content (AvgIpc) is 2.74. The van der Waals surface area contributed by atoms with Crippen molar-refractivity contribution in [1.29, 1.82) is 0 Å². The van der Waals surface area contributed by atoms with E-state index in [0.29, 0.717) is 0 Å². The summed E-state index contributed by atoms with van der Waals surface area (Å²) in [7, 11) is 0. The Morgan fingerprint density at radius 2 is 1.94 bits per heavy atom. The van der Waals surface area contributed by atoms with Crippen LogP contribution in [0.2, 0.25) is 0 Å². The molecule has 104 valence electrons. The number of fused-ring (bicyclic) bond motifs is 2. The predicted molar refractivity (Wildman–Crippen MR) is 74.0 cm³/mol. The van der Waals surface area contributed by atoms with E-state index in [1.165, 1.54) is 19.3 Å². The molecule has 3 N–H and O–H groups in total. The average molecular weight is 252 g/mol. The van der Waals surface area contributed by atoms with Crippen LogP contribution in [0.15, 0.2) is 0 Å². The highest BCUT2D eigenvalue weighted by Gasteiger charge is 2.59. The van der Waals surface area contributed by atoms with Crippen LogP contribution >= 0.6 is 0 Å². The molecule has 18 heavy (non-hydrogen) atoms. The molecule has 0 aromatic carbocycles. The van der Waals surface area contributed by atoms with Crippen molar-refractivity contribution in [1.82, 2.24) is 5.32 Å². The van der Waals surface area contributed by atoms with Gasteiger partial charge in [-0.25, -0.2) is 0 Å². The van der Waals surface area contributed by atoms with Gasteiger partial charge in [-0.1, -0.05) is 34.6 Å². The lowest BCUT2D eigenvalue weighted by Gasteiger charge is -2.43. The van der Waals surface area contributed by atoms with Crippen LogP contribution < -0.4 is 11.1 Å². The monoisotopic (exact) mass is 252 g/mol. The molecule has 2 fully saturated rings. The molecule has 4 atom stereocenters. The Bertz CT molecular complexity index is 346. The van der Waals surface area contributed by atoms with Gasteiger partial charge in [0.1, 0.15) is 0 Å². The zero-order valence-electron chi connectivity index (χ0n) is 12.4. The van der Waals surface area contributed by atoms with Crippen LogP contribution in [0.3, 0.4) is 0 Å². The topological polar surface area (TPSA) is 55.1 Å². The number of nitrogens with two attached hydrogens (primary N) is 1. The Hall–Kier alpha value is -0.570. The molecule has 0 aromatic rings. The molecule has 1 amide bonds. The Labute approximate surface area is 111 Å². The van der Waals surface area contributed by atoms with E-state index >= 15 is 0 Å². The van der Waals surface area contributed by atoms with Crippen molar-refractivity contribution >= 4 is 5.91 Å². The van der Waals surface area contributed by atoms with Gasteiger partial charge in [0, 0.05) is 6.04 Å². The fraction of sp³-hybridized carbons (Fsp3) is 0.933. The second-order valence-electron chi connectivity index (χ2n) is 7.63. The van der Waals surface area contributed by atoms with E-state index < -0.39 is 0 Å². The SMILES string of the molecule is CC(C)[C@H](N)C(=O)NC1C2(C)CCC(C2)C1(C)C. The third kappa shape index (κ3) is 1.97. The predicted octanol–water partition coefficient (Wildman–Crippen LogP) is 2.30. The molecule has 0 radical (unpaired) electrons. The summed E-state index contributed by atoms with van der Waals surface area (Å²) in [6.45, 7) is 10.9. The maximum atomic E-state index is 12.2. The van der Waals surface area contributed by atoms with Crippen LogP contribution in [0.25, 0.3) is 0 Å². The normalized spacial score (nSPS) is 39.1. The largest absolute Gasteiger partial charge is 0.351 e. The molecule has 0 aromatic heterocycles. The van der Waals surface area contributed by atoms with Crippen LogP contribution in [0.1, 0.15) is 53.9 Å². The fourth-order valence-electron chi connectivity index (χ4n) is 4.20. The molecule has 2 bridgehead atoms. The van der Waals surface area contributed by atoms with Gasteiger partial charge in [0.25, 0.3) is 0 Å². The molecular weight excluding hydrogens is 224 g/mol. The number of nitrogens with one attached hydrogen (secondary N) is 1. The minimum atomic E-state index is -0.386. The molecule has 2 aliphatic carbocycles. The Kier molecular flexibility index (Phi) is 3.25. The van der Waals surface area contributed by atoms with Gasteiger partial charge in [0.05, 0.1) is 6.04 Å². The molecule has 2 aliphatic rings. The van der Waals surface area contributed by atoms with Crippen LogP contribution in [0.5, 0.6) is 0 Å². The summed E-state index contributed by atoms with van der Waals surface area (Å²) in [6, 6.07) is -0.107. The van der Waals surface area contributed by atoms with E-state index in [4.69, 9.17) is 5.73 Å². The summed E-state index contributed by atoms with van der Waals surface area (Å²) in [5, 5.41) is 3.26. The summed E-state index contributed by atoms with van der Waals surface area (Å²) in [5.41, 5.74) is 6.44. The van der Waals surface area contributed by atoms with E-state index in [2.05, 4.69) is 26.1 Å². The highest BCUT2D eigenvalue weighted by atomic mass is 16.2. The smallest absolute Gasteiger partial charge is 0.237 e. The summed E-state index contributed by atoms with van der Waals surface area (Å²) < 4.78 is 0. The first-order valence-corrected chi connectivity index (χ1v) is 7.24. The van der Waals surface area contributed by atoms with Crippen LogP contribution in [-0.2, 0) is 4.79 Å². The maximum Gasteiger partial charge on any atom is 0.237 e. The third-order valence-corrected chi connectivity index (χ3v) is 5.58. The molecular formula is C15H28N2O. The molecule has 0 aliphatic heterocycles. The van der Waals surface area contributed by atoms with E-state index in [9.17, 15) is 4.79 Å². The summed E-state index contributed by atoms with van der Waals surface area (Å²) >= 11 is 0. The number of carbonyl (C=O) groups is 1. The van der Waals surface area contributed by atoms with Gasteiger partial charge in [0.15, 0.2) is 0 Å². The summed E-state index contributed by atoms with van der Waals surface area (Å²) in [6.07, 6.45) is 3.80. The lowest BCUT2D eigenvalue weighted by atomic mass is 9.68. The van der Waals surface area contributed by atoms with Crippen molar-refractivity contribution in [2.75, 3.05) is 0 Å². The lowest BCUT2D eigenvalue weighted by molar-refractivity contribution is -0.126. The quantitative estimate of drug-likeness (QED) is 0.810. The van der Waals surface area contributed by atoms with Crippen molar-refractivity contribution in [2.24, 2.45) is 28.4 Å². The van der Waals surface area contributed by atoms with Crippen LogP contribution in [0, 0.1) is 22.7 Å². The Morgan fingerprint density at radius 3 is 2.39 bits per heavy atom. The first-order valence-electron chi connectivity index (χ1n) is 7.24. The maximum absolute atomic E-state index is 12.2. The van der Waals surface area contributed by atoms with E-state index in [-0.39, 0.29) is 34.7 Å². The first-order chi connectivity index (χ1) is 8.18. The molecule has 2 saturated carbocycles. The number of rotatable bonds is 3. The fourth-order valence-corrected chi connectivity index (χ4v) is 4.20. The molecule has 3 heteroatoms. The number of hydrogen-bond donors (Lipinski definition) is 2. The molecule has 3 unspecified atom stereocenters. The van der Waals surface area contributed by atoms with Gasteiger partial charge in [-0.3, -0.25) is 4.79 Å². The van der Waals surface area contributed by atoms with Crippen molar-refractivity contribution in [3.8, 4) is 0 Å². The molecule has 0 spiro atoms. The standard InChI is InChI=1S/C15H28N2O/c1-9(2)11(16)12(18)17-13-14(3,4)10-6-7-15(13,5)8-10/h9-11,13H,6-8,16H2,1-5H3,(H,17,18)/t10?,11-,13?,15?/m0/s1. The van der Waals surface area contributed by atoms with E-state index in [1.807, 2.05) is 13.8 Å². The minimum Gasteiger partial charge on any atom is -0.351 e. The highest BCUT2D eigenvalue weighted by Crippen LogP contribution is 2.62. The summed E-state index contributed by atoms with van der Waals surface area (Å²) in [4.78, 5) is 12.2. The highest BCUT2D eigenvalue weighted by molar-refractivity contribution is 5.82. The number of carbonyl (C=O) groups excluding carboxylic acids is 1. The van der Waals surface area contributed by atoms with Gasteiger partial charge in [-0.15, -0.1) is 0 Å². The van der Waals surface area contributed by atoms with Crippen LogP contribution in [-0.4, -0.2) is 18.0 Å². The van der Waals surface area contributed by atoms with E-state index in [1.54, 1.807) is 0 Å². The zero-order valence-corrected chi connectivity index (χ0v) is 12.4. The minimum absolute atomic E-state index is 0.0249. The number of amides is 1. The van der Waals surface area contributed by atoms with Gasteiger partial charge in [0.2, 0.25) is 5.91 Å². The second-order valence-corrected chi connectivity index (χ2v) is 7.63. The van der Waals surface area contributed by atoms with Gasteiger partial charge in [-0.05, 0) is 41.9 Å². The Morgan fingerprint density at radius 1 is 1.33 bits per heavy atom. The van der Waals surface area contributed by atoms with E-state index in [0.717, 1.165) is 5.92 Å². The third-order valence-electron chi connectivity index (χ3n) is 5.58. The van der Waals surface area contributed by atoms with Crippen molar-refractivity contribution in [2.45, 2.75) is 66.0 Å². The second kappa shape index (κ2) is 4.22. The molecule has 3 nitrogen and oxygen atoms in total. The van der Waals surface area contributed by atoms with Gasteiger partial charge >= 0.3 is 0 Å². The zero-order chi connectivity index (χ0) is 13.7. The molecule has 0 saturated heterocycles. The van der Waals surface area contributed by atoms with Gasteiger partial charge in [-0.2, -0.15) is 0 Å².